The third-order valence-electron chi connectivity index (χ3n) is 4.81. The van der Waals surface area contributed by atoms with Crippen LogP contribution in [0.4, 0.5) is 0 Å². The maximum absolute atomic E-state index is 12.5. The number of benzene rings is 1. The molecule has 122 valence electrons. The van der Waals surface area contributed by atoms with E-state index >= 15 is 0 Å². The summed E-state index contributed by atoms with van der Waals surface area (Å²) in [5.41, 5.74) is 1.33. The highest BCUT2D eigenvalue weighted by Gasteiger charge is 2.34. The van der Waals surface area contributed by atoms with E-state index in [9.17, 15) is 4.79 Å². The van der Waals surface area contributed by atoms with Crippen LogP contribution in [0.25, 0.3) is 0 Å². The van der Waals surface area contributed by atoms with Crippen LogP contribution in [0.5, 0.6) is 0 Å². The quantitative estimate of drug-likeness (QED) is 0.875. The average Bonchev–Trinajstić information content (AvgIpc) is 3.32. The van der Waals surface area contributed by atoms with Crippen LogP contribution in [-0.4, -0.2) is 24.5 Å². The van der Waals surface area contributed by atoms with Gasteiger partial charge in [-0.2, -0.15) is 0 Å². The lowest BCUT2D eigenvalue weighted by Gasteiger charge is -2.29. The van der Waals surface area contributed by atoms with Crippen molar-refractivity contribution in [2.24, 2.45) is 11.8 Å². The largest absolute Gasteiger partial charge is 0.353 e. The molecule has 3 atom stereocenters. The first kappa shape index (κ1) is 17.3. The minimum atomic E-state index is 0. The monoisotopic (exact) mass is 322 g/mol. The molecule has 22 heavy (non-hydrogen) atoms. The van der Waals surface area contributed by atoms with Gasteiger partial charge < -0.3 is 10.6 Å². The van der Waals surface area contributed by atoms with Gasteiger partial charge in [0.05, 0.1) is 0 Å². The molecule has 2 N–H and O–H groups in total. The Morgan fingerprint density at radius 3 is 2.64 bits per heavy atom. The standard InChI is InChI=1S/C18H26N2O.ClH/c1-13-11-16(9-10-19-13)18(21)20-17(15-7-8-15)12-14-5-3-2-4-6-14;/h2-6,13,15-17,19H,7-12H2,1H3,(H,20,21);1H/t13-,16-,17?;/m0./s1. The number of carbonyl (C=O) groups excluding carboxylic acids is 1. The summed E-state index contributed by atoms with van der Waals surface area (Å²) in [6.45, 7) is 3.13. The lowest BCUT2D eigenvalue weighted by Crippen LogP contribution is -2.46. The summed E-state index contributed by atoms with van der Waals surface area (Å²) >= 11 is 0. The van der Waals surface area contributed by atoms with Crippen LogP contribution < -0.4 is 10.6 Å². The second-order valence-corrected chi connectivity index (χ2v) is 6.72. The number of piperidine rings is 1. The zero-order valence-electron chi connectivity index (χ0n) is 13.3. The first-order valence-electron chi connectivity index (χ1n) is 8.30. The summed E-state index contributed by atoms with van der Waals surface area (Å²) in [6, 6.07) is 11.3. The molecule has 1 saturated carbocycles. The van der Waals surface area contributed by atoms with Gasteiger partial charge in [0.25, 0.3) is 0 Å². The van der Waals surface area contributed by atoms with Crippen LogP contribution >= 0.6 is 12.4 Å². The molecule has 1 saturated heterocycles. The van der Waals surface area contributed by atoms with Crippen LogP contribution in [0, 0.1) is 11.8 Å². The third kappa shape index (κ3) is 4.72. The van der Waals surface area contributed by atoms with Crippen molar-refractivity contribution in [3.8, 4) is 0 Å². The van der Waals surface area contributed by atoms with Crippen LogP contribution in [0.2, 0.25) is 0 Å². The van der Waals surface area contributed by atoms with Crippen LogP contribution in [-0.2, 0) is 11.2 Å². The summed E-state index contributed by atoms with van der Waals surface area (Å²) in [6.07, 6.45) is 5.44. The van der Waals surface area contributed by atoms with Crippen molar-refractivity contribution >= 4 is 18.3 Å². The van der Waals surface area contributed by atoms with E-state index in [2.05, 4.69) is 41.8 Å². The molecule has 1 unspecified atom stereocenters. The van der Waals surface area contributed by atoms with E-state index in [1.807, 2.05) is 6.07 Å². The molecule has 0 spiro atoms. The van der Waals surface area contributed by atoms with E-state index in [1.165, 1.54) is 18.4 Å². The molecule has 3 nitrogen and oxygen atoms in total. The van der Waals surface area contributed by atoms with Crippen molar-refractivity contribution in [2.75, 3.05) is 6.54 Å². The zero-order valence-corrected chi connectivity index (χ0v) is 14.1. The topological polar surface area (TPSA) is 41.1 Å². The Labute approximate surface area is 139 Å². The summed E-state index contributed by atoms with van der Waals surface area (Å²) in [4.78, 5) is 12.5. The van der Waals surface area contributed by atoms with Crippen LogP contribution in [0.3, 0.4) is 0 Å². The second kappa shape index (κ2) is 7.98. The van der Waals surface area contributed by atoms with Crippen molar-refractivity contribution in [1.82, 2.24) is 10.6 Å². The molecule has 2 aliphatic rings. The molecule has 2 fully saturated rings. The highest BCUT2D eigenvalue weighted by Crippen LogP contribution is 2.34. The fourth-order valence-electron chi connectivity index (χ4n) is 3.37. The Morgan fingerprint density at radius 2 is 2.00 bits per heavy atom. The van der Waals surface area contributed by atoms with E-state index in [-0.39, 0.29) is 24.2 Å². The van der Waals surface area contributed by atoms with Gasteiger partial charge in [-0.25, -0.2) is 0 Å². The van der Waals surface area contributed by atoms with Crippen molar-refractivity contribution < 1.29 is 4.79 Å². The van der Waals surface area contributed by atoms with Crippen molar-refractivity contribution in [3.05, 3.63) is 35.9 Å². The molecular weight excluding hydrogens is 296 g/mol. The number of rotatable bonds is 5. The SMILES string of the molecule is C[C@H]1C[C@@H](C(=O)NC(Cc2ccccc2)C2CC2)CCN1.Cl. The molecule has 0 aromatic heterocycles. The predicted octanol–water partition coefficient (Wildman–Crippen LogP) is 2.93. The number of halogens is 1. The lowest BCUT2D eigenvalue weighted by atomic mass is 9.91. The van der Waals surface area contributed by atoms with Gasteiger partial charge in [0.2, 0.25) is 5.91 Å². The predicted molar refractivity (Wildman–Crippen MR) is 92.2 cm³/mol. The molecule has 3 rings (SSSR count). The zero-order chi connectivity index (χ0) is 14.7. The van der Waals surface area contributed by atoms with Gasteiger partial charge in [-0.15, -0.1) is 12.4 Å². The van der Waals surface area contributed by atoms with Gasteiger partial charge in [-0.1, -0.05) is 30.3 Å². The van der Waals surface area contributed by atoms with Gasteiger partial charge in [0.15, 0.2) is 0 Å². The highest BCUT2D eigenvalue weighted by molar-refractivity contribution is 5.85. The Morgan fingerprint density at radius 1 is 1.27 bits per heavy atom. The Hall–Kier alpha value is -1.06. The van der Waals surface area contributed by atoms with Crippen LogP contribution in [0.1, 0.15) is 38.2 Å². The minimum Gasteiger partial charge on any atom is -0.353 e. The number of carbonyl (C=O) groups is 1. The maximum atomic E-state index is 12.5. The fraction of sp³-hybridized carbons (Fsp3) is 0.611. The van der Waals surface area contributed by atoms with Crippen molar-refractivity contribution in [3.63, 3.8) is 0 Å². The molecule has 4 heteroatoms. The molecule has 0 bridgehead atoms. The highest BCUT2D eigenvalue weighted by atomic mass is 35.5. The molecule has 1 aliphatic heterocycles. The Balaban J connectivity index is 0.00000176. The van der Waals surface area contributed by atoms with Gasteiger partial charge in [0.1, 0.15) is 0 Å². The summed E-state index contributed by atoms with van der Waals surface area (Å²) < 4.78 is 0. The Bertz CT molecular complexity index is 475. The average molecular weight is 323 g/mol. The maximum Gasteiger partial charge on any atom is 0.223 e. The Kier molecular flexibility index (Phi) is 6.27. The van der Waals surface area contributed by atoms with Crippen molar-refractivity contribution in [1.29, 1.82) is 0 Å². The van der Waals surface area contributed by atoms with Gasteiger partial charge in [-0.3, -0.25) is 4.79 Å². The van der Waals surface area contributed by atoms with E-state index in [4.69, 9.17) is 0 Å². The van der Waals surface area contributed by atoms with Gasteiger partial charge in [-0.05, 0) is 57.1 Å². The molecule has 1 aromatic rings. The summed E-state index contributed by atoms with van der Waals surface area (Å²) in [5.74, 6) is 1.16. The molecule has 1 aliphatic carbocycles. The molecule has 1 amide bonds. The van der Waals surface area contributed by atoms with E-state index in [1.54, 1.807) is 0 Å². The molecule has 0 radical (unpaired) electrons. The molecule has 1 heterocycles. The molecular formula is C18H27ClN2O. The summed E-state index contributed by atoms with van der Waals surface area (Å²) in [7, 11) is 0. The minimum absolute atomic E-state index is 0. The first-order valence-corrected chi connectivity index (χ1v) is 8.30. The molecule has 1 aromatic carbocycles. The normalized spacial score (nSPS) is 25.9. The van der Waals surface area contributed by atoms with E-state index < -0.39 is 0 Å². The van der Waals surface area contributed by atoms with E-state index in [0.29, 0.717) is 18.0 Å². The van der Waals surface area contributed by atoms with Gasteiger partial charge >= 0.3 is 0 Å². The summed E-state index contributed by atoms with van der Waals surface area (Å²) in [5, 5.41) is 6.77. The number of hydrogen-bond donors (Lipinski definition) is 2. The lowest BCUT2D eigenvalue weighted by molar-refractivity contribution is -0.126. The van der Waals surface area contributed by atoms with Crippen LogP contribution in [0.15, 0.2) is 30.3 Å². The van der Waals surface area contributed by atoms with Gasteiger partial charge in [0, 0.05) is 18.0 Å². The van der Waals surface area contributed by atoms with E-state index in [0.717, 1.165) is 25.8 Å². The van der Waals surface area contributed by atoms with Crippen molar-refractivity contribution in [2.45, 2.75) is 51.1 Å². The first-order chi connectivity index (χ1) is 10.2. The number of nitrogens with one attached hydrogen (secondary N) is 2. The smallest absolute Gasteiger partial charge is 0.223 e. The number of hydrogen-bond acceptors (Lipinski definition) is 2. The second-order valence-electron chi connectivity index (χ2n) is 6.72. The third-order valence-corrected chi connectivity index (χ3v) is 4.81. The number of amides is 1. The fourth-order valence-corrected chi connectivity index (χ4v) is 3.37.